The molecule has 0 unspecified atom stereocenters. The van der Waals surface area contributed by atoms with Crippen LogP contribution < -0.4 is 9.30 Å². The van der Waals surface area contributed by atoms with Gasteiger partial charge in [-0.2, -0.15) is 0 Å². The number of nitrogens with zero attached hydrogens (tertiary/aromatic N) is 1. The van der Waals surface area contributed by atoms with Gasteiger partial charge in [0.25, 0.3) is 0 Å². The van der Waals surface area contributed by atoms with Crippen molar-refractivity contribution in [3.05, 3.63) is 77.0 Å². The quantitative estimate of drug-likeness (QED) is 0.180. The molecule has 0 fully saturated rings. The first-order chi connectivity index (χ1) is 17.0. The van der Waals surface area contributed by atoms with Crippen LogP contribution >= 0.6 is 0 Å². The van der Waals surface area contributed by atoms with Crippen molar-refractivity contribution in [1.82, 2.24) is 0 Å². The summed E-state index contributed by atoms with van der Waals surface area (Å²) in [6.45, 7) is 15.9. The highest BCUT2D eigenvalue weighted by Gasteiger charge is 2.33. The standard InChI is InChI=1S/C34H36NO/c1-19(2)15-28-25-11-9-20(3)16-27(25)21(4)30-32-31-26(13-14-35(32)8)24-12-10-23(34(5,6)7)17-22(24)18-29(31)36-33(28)30/h9-14,16-19H,15H2,1-8H3/q+1. The zero-order chi connectivity index (χ0) is 25.5. The van der Waals surface area contributed by atoms with Gasteiger partial charge >= 0.3 is 0 Å². The zero-order valence-electron chi connectivity index (χ0n) is 22.8. The van der Waals surface area contributed by atoms with Gasteiger partial charge in [-0.3, -0.25) is 0 Å². The fourth-order valence-electron chi connectivity index (χ4n) is 6.04. The molecule has 2 nitrogen and oxygen atoms in total. The Hall–Kier alpha value is -3.39. The minimum absolute atomic E-state index is 0.0979. The van der Waals surface area contributed by atoms with Gasteiger partial charge in [-0.15, -0.1) is 0 Å². The summed E-state index contributed by atoms with van der Waals surface area (Å²) in [5.74, 6) is 2.54. The van der Waals surface area contributed by atoms with Crippen molar-refractivity contribution in [2.75, 3.05) is 0 Å². The second-order valence-corrected chi connectivity index (χ2v) is 12.2. The molecule has 0 N–H and O–H groups in total. The number of pyridine rings is 1. The van der Waals surface area contributed by atoms with E-state index in [4.69, 9.17) is 4.74 Å². The van der Waals surface area contributed by atoms with Gasteiger partial charge in [-0.05, 0) is 70.3 Å². The average Bonchev–Trinajstić information content (AvgIpc) is 2.81. The summed E-state index contributed by atoms with van der Waals surface area (Å²) in [6.07, 6.45) is 3.20. The van der Waals surface area contributed by atoms with Crippen LogP contribution in [0, 0.1) is 19.8 Å². The summed E-state index contributed by atoms with van der Waals surface area (Å²) in [6, 6.07) is 18.3. The van der Waals surface area contributed by atoms with E-state index in [0.717, 1.165) is 17.9 Å². The van der Waals surface area contributed by atoms with Gasteiger partial charge in [0.05, 0.1) is 10.9 Å². The van der Waals surface area contributed by atoms with Crippen molar-refractivity contribution in [3.63, 3.8) is 0 Å². The number of ether oxygens (including phenoxy) is 1. The number of hydrogen-bond acceptors (Lipinski definition) is 1. The van der Waals surface area contributed by atoms with E-state index in [9.17, 15) is 0 Å². The summed E-state index contributed by atoms with van der Waals surface area (Å²) in [7, 11) is 2.17. The molecule has 0 aliphatic carbocycles. The van der Waals surface area contributed by atoms with E-state index in [-0.39, 0.29) is 5.41 Å². The lowest BCUT2D eigenvalue weighted by Crippen LogP contribution is -2.32. The third-order valence-corrected chi connectivity index (χ3v) is 7.91. The van der Waals surface area contributed by atoms with Crippen molar-refractivity contribution >= 4 is 32.3 Å². The zero-order valence-corrected chi connectivity index (χ0v) is 22.8. The Morgan fingerprint density at radius 1 is 0.861 bits per heavy atom. The van der Waals surface area contributed by atoms with Gasteiger partial charge in [-0.1, -0.05) is 76.6 Å². The van der Waals surface area contributed by atoms with Crippen molar-refractivity contribution < 1.29 is 9.30 Å². The third kappa shape index (κ3) is 3.34. The fraction of sp³-hybridized carbons (Fsp3) is 0.324. The van der Waals surface area contributed by atoms with Gasteiger partial charge in [-0.25, -0.2) is 4.57 Å². The van der Waals surface area contributed by atoms with Crippen LogP contribution in [-0.4, -0.2) is 0 Å². The molecule has 0 saturated heterocycles. The highest BCUT2D eigenvalue weighted by Crippen LogP contribution is 2.52. The van der Waals surface area contributed by atoms with E-state index in [0.29, 0.717) is 5.92 Å². The van der Waals surface area contributed by atoms with Crippen LogP contribution in [-0.2, 0) is 18.9 Å². The Labute approximate surface area is 214 Å². The smallest absolute Gasteiger partial charge is 0.228 e. The van der Waals surface area contributed by atoms with E-state index >= 15 is 0 Å². The highest BCUT2D eigenvalue weighted by atomic mass is 16.5. The van der Waals surface area contributed by atoms with Gasteiger partial charge in [0.2, 0.25) is 5.69 Å². The molecule has 4 aromatic carbocycles. The molecule has 0 radical (unpaired) electrons. The molecular weight excluding hydrogens is 438 g/mol. The third-order valence-electron chi connectivity index (χ3n) is 7.91. The van der Waals surface area contributed by atoms with E-state index < -0.39 is 0 Å². The SMILES string of the molecule is Cc1ccc2c(CC(C)C)c3c(c(C)c2c1)-c1c2c(cc4cc(C(C)(C)C)ccc4c2cc[n+]1C)O3. The van der Waals surface area contributed by atoms with Crippen LogP contribution in [0.4, 0.5) is 0 Å². The van der Waals surface area contributed by atoms with Crippen LogP contribution in [0.1, 0.15) is 56.9 Å². The molecule has 0 atom stereocenters. The molecule has 1 aromatic heterocycles. The van der Waals surface area contributed by atoms with Crippen LogP contribution in [0.5, 0.6) is 11.5 Å². The molecule has 2 heterocycles. The number of aryl methyl sites for hydroxylation is 3. The monoisotopic (exact) mass is 474 g/mol. The van der Waals surface area contributed by atoms with E-state index in [1.807, 2.05) is 0 Å². The molecule has 5 aromatic rings. The highest BCUT2D eigenvalue weighted by molar-refractivity contribution is 6.16. The molecule has 0 spiro atoms. The molecule has 0 saturated carbocycles. The Morgan fingerprint density at radius 3 is 2.33 bits per heavy atom. The minimum Gasteiger partial charge on any atom is -0.455 e. The Bertz CT molecular complexity index is 1720. The number of hydrogen-bond donors (Lipinski definition) is 0. The molecule has 1 aliphatic heterocycles. The number of rotatable bonds is 2. The summed E-state index contributed by atoms with van der Waals surface area (Å²) in [5, 5.41) is 7.66. The van der Waals surface area contributed by atoms with Gasteiger partial charge in [0.1, 0.15) is 18.5 Å². The van der Waals surface area contributed by atoms with Crippen molar-refractivity contribution in [1.29, 1.82) is 0 Å². The first kappa shape index (κ1) is 23.0. The maximum absolute atomic E-state index is 6.98. The summed E-state index contributed by atoms with van der Waals surface area (Å²) >= 11 is 0. The lowest BCUT2D eigenvalue weighted by molar-refractivity contribution is -0.659. The Kier molecular flexibility index (Phi) is 4.99. The van der Waals surface area contributed by atoms with Gasteiger partial charge in [0.15, 0.2) is 6.20 Å². The van der Waals surface area contributed by atoms with Gasteiger partial charge < -0.3 is 4.74 Å². The lowest BCUT2D eigenvalue weighted by atomic mass is 9.83. The van der Waals surface area contributed by atoms with Crippen molar-refractivity contribution in [3.8, 4) is 22.8 Å². The predicted octanol–water partition coefficient (Wildman–Crippen LogP) is 8.86. The number of aromatic nitrogens is 1. The molecule has 0 amide bonds. The molecule has 36 heavy (non-hydrogen) atoms. The molecule has 182 valence electrons. The minimum atomic E-state index is 0.0979. The lowest BCUT2D eigenvalue weighted by Gasteiger charge is -2.27. The summed E-state index contributed by atoms with van der Waals surface area (Å²) in [5.41, 5.74) is 7.87. The first-order valence-electron chi connectivity index (χ1n) is 13.2. The fourth-order valence-corrected chi connectivity index (χ4v) is 6.04. The molecule has 0 bridgehead atoms. The number of benzene rings is 4. The Morgan fingerprint density at radius 2 is 1.61 bits per heavy atom. The molecular formula is C34H36NO+. The van der Waals surface area contributed by atoms with Crippen LogP contribution in [0.2, 0.25) is 0 Å². The van der Waals surface area contributed by atoms with E-state index in [2.05, 4.69) is 115 Å². The molecule has 6 rings (SSSR count). The van der Waals surface area contributed by atoms with Crippen molar-refractivity contribution in [2.45, 2.75) is 60.3 Å². The summed E-state index contributed by atoms with van der Waals surface area (Å²) < 4.78 is 9.26. The molecule has 2 heteroatoms. The van der Waals surface area contributed by atoms with Gasteiger partial charge in [0, 0.05) is 17.0 Å². The second kappa shape index (κ2) is 7.80. The average molecular weight is 475 g/mol. The maximum Gasteiger partial charge on any atom is 0.228 e. The van der Waals surface area contributed by atoms with Crippen LogP contribution in [0.15, 0.2) is 54.7 Å². The summed E-state index contributed by atoms with van der Waals surface area (Å²) in [4.78, 5) is 0. The van der Waals surface area contributed by atoms with E-state index in [1.165, 1.54) is 65.8 Å². The second-order valence-electron chi connectivity index (χ2n) is 12.2. The predicted molar refractivity (Wildman–Crippen MR) is 152 cm³/mol. The largest absolute Gasteiger partial charge is 0.455 e. The Balaban J connectivity index is 1.77. The number of fused-ring (bicyclic) bond motifs is 5. The molecule has 1 aliphatic rings. The maximum atomic E-state index is 6.98. The van der Waals surface area contributed by atoms with Crippen molar-refractivity contribution in [2.24, 2.45) is 13.0 Å². The van der Waals surface area contributed by atoms with Crippen LogP contribution in [0.25, 0.3) is 43.6 Å². The van der Waals surface area contributed by atoms with Crippen LogP contribution in [0.3, 0.4) is 0 Å². The normalized spacial score (nSPS) is 13.0. The van der Waals surface area contributed by atoms with E-state index in [1.54, 1.807) is 0 Å². The first-order valence-corrected chi connectivity index (χ1v) is 13.2. The topological polar surface area (TPSA) is 13.1 Å².